The van der Waals surface area contributed by atoms with Gasteiger partial charge in [0.1, 0.15) is 12.4 Å². The van der Waals surface area contributed by atoms with E-state index in [0.717, 1.165) is 44.5 Å². The van der Waals surface area contributed by atoms with Gasteiger partial charge in [0.05, 0.1) is 23.7 Å². The van der Waals surface area contributed by atoms with Gasteiger partial charge in [0.15, 0.2) is 0 Å². The number of pyridine rings is 1. The Bertz CT molecular complexity index is 1770. The highest BCUT2D eigenvalue weighted by atomic mass is 35.5. The highest BCUT2D eigenvalue weighted by molar-refractivity contribution is 8.00. The minimum absolute atomic E-state index is 0.0631. The zero-order chi connectivity index (χ0) is 31.5. The molecule has 0 saturated carbocycles. The van der Waals surface area contributed by atoms with E-state index in [1.54, 1.807) is 0 Å². The average Bonchev–Trinajstić information content (AvgIpc) is 3.28. The lowest BCUT2D eigenvalue weighted by atomic mass is 9.78. The minimum atomic E-state index is -0.630. The van der Waals surface area contributed by atoms with Gasteiger partial charge in [-0.3, -0.25) is 4.79 Å². The summed E-state index contributed by atoms with van der Waals surface area (Å²) in [5.74, 6) is 0.619. The molecule has 5 aromatic rings. The van der Waals surface area contributed by atoms with E-state index in [-0.39, 0.29) is 10.7 Å². The number of hydrogen-bond donors (Lipinski definition) is 0. The molecule has 0 aliphatic carbocycles. The van der Waals surface area contributed by atoms with Crippen molar-refractivity contribution in [2.24, 2.45) is 5.41 Å². The fourth-order valence-electron chi connectivity index (χ4n) is 5.74. The summed E-state index contributed by atoms with van der Waals surface area (Å²) < 4.78 is 14.0. The zero-order valence-electron chi connectivity index (χ0n) is 26.4. The number of carbonyl (C=O) groups excluding carboxylic acids is 1. The van der Waals surface area contributed by atoms with E-state index in [4.69, 9.17) is 26.1 Å². The van der Waals surface area contributed by atoms with Crippen molar-refractivity contribution in [2.45, 2.75) is 76.7 Å². The van der Waals surface area contributed by atoms with Crippen LogP contribution in [0, 0.1) is 5.41 Å². The van der Waals surface area contributed by atoms with E-state index in [0.29, 0.717) is 37.4 Å². The highest BCUT2D eigenvalue weighted by Crippen LogP contribution is 2.45. The third kappa shape index (κ3) is 6.92. The van der Waals surface area contributed by atoms with Crippen molar-refractivity contribution in [1.29, 1.82) is 0 Å². The number of rotatable bonds is 11. The normalized spacial score (nSPS) is 12.2. The van der Waals surface area contributed by atoms with E-state index in [1.807, 2.05) is 54.2 Å². The van der Waals surface area contributed by atoms with Gasteiger partial charge in [0.25, 0.3) is 0 Å². The Labute approximate surface area is 269 Å². The topological polar surface area (TPSA) is 53.4 Å². The Balaban J connectivity index is 1.62. The largest absolute Gasteiger partial charge is 0.487 e. The Morgan fingerprint density at radius 1 is 0.955 bits per heavy atom. The van der Waals surface area contributed by atoms with Crippen molar-refractivity contribution in [2.75, 3.05) is 7.11 Å². The summed E-state index contributed by atoms with van der Waals surface area (Å²) in [5, 5.41) is 2.93. The zero-order valence-corrected chi connectivity index (χ0v) is 28.0. The molecule has 0 N–H and O–H groups in total. The molecule has 0 amide bonds. The lowest BCUT2D eigenvalue weighted by molar-refractivity contribution is -0.153. The molecule has 0 atom stereocenters. The molecule has 7 heteroatoms. The lowest BCUT2D eigenvalue weighted by Gasteiger charge is -2.30. The van der Waals surface area contributed by atoms with Crippen molar-refractivity contribution in [1.82, 2.24) is 9.55 Å². The number of thioether (sulfide) groups is 1. The number of benzene rings is 3. The number of fused-ring (bicyclic) bond motifs is 2. The van der Waals surface area contributed by atoms with Crippen LogP contribution in [-0.4, -0.2) is 27.4 Å². The first kappa shape index (κ1) is 31.9. The van der Waals surface area contributed by atoms with Crippen molar-refractivity contribution in [3.8, 4) is 5.75 Å². The number of nitrogens with zero attached hydrogens (tertiary/aromatic N) is 2. The summed E-state index contributed by atoms with van der Waals surface area (Å²) in [7, 11) is 1.49. The molecule has 0 bridgehead atoms. The molecule has 2 aromatic heterocycles. The number of aromatic nitrogens is 2. The molecule has 0 unspecified atom stereocenters. The summed E-state index contributed by atoms with van der Waals surface area (Å²) in [6, 6.07) is 26.5. The fraction of sp³-hybridized carbons (Fsp3) is 0.351. The molecule has 0 radical (unpaired) electrons. The second kappa shape index (κ2) is 13.3. The van der Waals surface area contributed by atoms with Gasteiger partial charge in [-0.1, -0.05) is 82.6 Å². The number of esters is 1. The molecular weight excluding hydrogens is 588 g/mol. The lowest BCUT2D eigenvalue weighted by Crippen LogP contribution is -2.34. The Morgan fingerprint density at radius 3 is 2.36 bits per heavy atom. The fourth-order valence-corrected chi connectivity index (χ4v) is 7.05. The molecule has 5 rings (SSSR count). The molecule has 230 valence electrons. The van der Waals surface area contributed by atoms with Gasteiger partial charge in [-0.2, -0.15) is 0 Å². The first-order valence-corrected chi connectivity index (χ1v) is 16.4. The number of para-hydroxylation sites is 1. The van der Waals surface area contributed by atoms with Crippen LogP contribution in [0.3, 0.4) is 0 Å². The molecule has 5 nitrogen and oxygen atoms in total. The van der Waals surface area contributed by atoms with Gasteiger partial charge < -0.3 is 14.0 Å². The summed E-state index contributed by atoms with van der Waals surface area (Å²) in [6.45, 7) is 11.9. The number of methoxy groups -OCH3 is 1. The Morgan fingerprint density at radius 2 is 1.68 bits per heavy atom. The standard InChI is InChI=1S/C37H41ClN2O3S/c1-7-37(8-2,35(41)42-6)22-33-34(44-36(3,4)5)30-21-29(43-24-28-18-15-26-11-9-10-12-31(26)39-28)19-20-32(30)40(33)23-25-13-16-27(38)17-14-25/h9-21H,7-8,22-24H2,1-6H3. The van der Waals surface area contributed by atoms with E-state index < -0.39 is 5.41 Å². The molecule has 44 heavy (non-hydrogen) atoms. The van der Waals surface area contributed by atoms with Crippen LogP contribution in [0.2, 0.25) is 5.02 Å². The molecule has 0 saturated heterocycles. The Hall–Kier alpha value is -3.48. The van der Waals surface area contributed by atoms with Crippen LogP contribution in [0.25, 0.3) is 21.8 Å². The van der Waals surface area contributed by atoms with E-state index >= 15 is 0 Å². The quantitative estimate of drug-likeness (QED) is 0.108. The van der Waals surface area contributed by atoms with Crippen LogP contribution in [0.15, 0.2) is 83.8 Å². The second-order valence-electron chi connectivity index (χ2n) is 12.3. The monoisotopic (exact) mass is 628 g/mol. The Kier molecular flexibility index (Phi) is 9.62. The first-order valence-electron chi connectivity index (χ1n) is 15.2. The number of hydrogen-bond acceptors (Lipinski definition) is 5. The maximum atomic E-state index is 13.3. The van der Waals surface area contributed by atoms with Crippen LogP contribution in [0.4, 0.5) is 0 Å². The van der Waals surface area contributed by atoms with Gasteiger partial charge >= 0.3 is 5.97 Å². The number of halogens is 1. The maximum absolute atomic E-state index is 13.3. The summed E-state index contributed by atoms with van der Waals surface area (Å²) >= 11 is 8.07. The summed E-state index contributed by atoms with van der Waals surface area (Å²) in [6.07, 6.45) is 1.95. The molecule has 0 aliphatic heterocycles. The SMILES string of the molecule is CCC(CC)(Cc1c(SC(C)(C)C)c2cc(OCc3ccc4ccccc4n3)ccc2n1Cc1ccc(Cl)cc1)C(=O)OC. The average molecular weight is 629 g/mol. The number of ether oxygens (including phenoxy) is 2. The third-order valence-electron chi connectivity index (χ3n) is 8.27. The van der Waals surface area contributed by atoms with Crippen molar-refractivity contribution < 1.29 is 14.3 Å². The van der Waals surface area contributed by atoms with Crippen molar-refractivity contribution >= 4 is 51.1 Å². The smallest absolute Gasteiger partial charge is 0.312 e. The van der Waals surface area contributed by atoms with Crippen LogP contribution >= 0.6 is 23.4 Å². The third-order valence-corrected chi connectivity index (χ3v) is 9.80. The predicted molar refractivity (Wildman–Crippen MR) is 183 cm³/mol. The van der Waals surface area contributed by atoms with Gasteiger partial charge in [0.2, 0.25) is 0 Å². The van der Waals surface area contributed by atoms with Crippen molar-refractivity contribution in [3.63, 3.8) is 0 Å². The van der Waals surface area contributed by atoms with E-state index in [1.165, 1.54) is 12.0 Å². The highest BCUT2D eigenvalue weighted by Gasteiger charge is 2.39. The molecule has 2 heterocycles. The summed E-state index contributed by atoms with van der Waals surface area (Å²) in [5.41, 5.74) is 4.58. The maximum Gasteiger partial charge on any atom is 0.312 e. The molecule has 3 aromatic carbocycles. The van der Waals surface area contributed by atoms with E-state index in [9.17, 15) is 4.79 Å². The summed E-state index contributed by atoms with van der Waals surface area (Å²) in [4.78, 5) is 19.3. The molecule has 0 fully saturated rings. The predicted octanol–water partition coefficient (Wildman–Crippen LogP) is 9.88. The molecule has 0 aliphatic rings. The van der Waals surface area contributed by atoms with Crippen LogP contribution < -0.4 is 4.74 Å². The number of carbonyl (C=O) groups is 1. The van der Waals surface area contributed by atoms with Gasteiger partial charge in [-0.05, 0) is 60.9 Å². The van der Waals surface area contributed by atoms with E-state index in [2.05, 4.69) is 75.6 Å². The van der Waals surface area contributed by atoms with Gasteiger partial charge in [-0.15, -0.1) is 11.8 Å². The van der Waals surface area contributed by atoms with Crippen molar-refractivity contribution in [3.05, 3.63) is 101 Å². The first-order chi connectivity index (χ1) is 21.1. The van der Waals surface area contributed by atoms with Crippen LogP contribution in [-0.2, 0) is 29.1 Å². The second-order valence-corrected chi connectivity index (χ2v) is 14.6. The minimum Gasteiger partial charge on any atom is -0.487 e. The van der Waals surface area contributed by atoms with Gasteiger partial charge in [-0.25, -0.2) is 4.98 Å². The van der Waals surface area contributed by atoms with Crippen LogP contribution in [0.5, 0.6) is 5.75 Å². The molecular formula is C37H41ClN2O3S. The van der Waals surface area contributed by atoms with Gasteiger partial charge in [0, 0.05) is 49.6 Å². The molecule has 0 spiro atoms. The van der Waals surface area contributed by atoms with Crippen LogP contribution in [0.1, 0.15) is 64.4 Å².